The zero-order chi connectivity index (χ0) is 16.2. The molecule has 0 aliphatic carbocycles. The van der Waals surface area contributed by atoms with Crippen molar-refractivity contribution in [2.24, 2.45) is 0 Å². The van der Waals surface area contributed by atoms with E-state index < -0.39 is 0 Å². The number of thiophene rings is 1. The third-order valence-corrected chi connectivity index (χ3v) is 4.06. The Morgan fingerprint density at radius 3 is 2.17 bits per heavy atom. The van der Waals surface area contributed by atoms with Crippen molar-refractivity contribution in [2.45, 2.75) is 0 Å². The summed E-state index contributed by atoms with van der Waals surface area (Å²) in [5.74, 6) is 0.727. The molecule has 0 unspecified atom stereocenters. The van der Waals surface area contributed by atoms with Crippen LogP contribution < -0.4 is 26.6 Å². The molecule has 0 radical (unpaired) electrons. The first-order valence-electron chi connectivity index (χ1n) is 6.89. The number of ether oxygens (including phenoxy) is 1. The Labute approximate surface area is 135 Å². The van der Waals surface area contributed by atoms with E-state index in [0.29, 0.717) is 0 Å². The van der Waals surface area contributed by atoms with Crippen molar-refractivity contribution in [2.75, 3.05) is 7.11 Å². The maximum Gasteiger partial charge on any atom is 0.272 e. The van der Waals surface area contributed by atoms with Gasteiger partial charge in [0.25, 0.3) is 11.1 Å². The van der Waals surface area contributed by atoms with Gasteiger partial charge >= 0.3 is 0 Å². The minimum Gasteiger partial charge on any atom is -0.497 e. The molecule has 0 fully saturated rings. The molecule has 0 aliphatic rings. The molecule has 0 aliphatic heterocycles. The van der Waals surface area contributed by atoms with Crippen LogP contribution in [0.2, 0.25) is 0 Å². The van der Waals surface area contributed by atoms with Crippen molar-refractivity contribution in [3.8, 4) is 5.75 Å². The molecule has 0 spiro atoms. The molecule has 1 aromatic carbocycles. The van der Waals surface area contributed by atoms with Crippen LogP contribution in [0.3, 0.4) is 0 Å². The summed E-state index contributed by atoms with van der Waals surface area (Å²) in [6.07, 6.45) is 3.27. The first kappa shape index (κ1) is 15.1. The maximum atomic E-state index is 12.1. The largest absolute Gasteiger partial charge is 0.497 e. The highest BCUT2D eigenvalue weighted by molar-refractivity contribution is 7.10. The smallest absolute Gasteiger partial charge is 0.272 e. The normalized spacial score (nSPS) is 12.6. The summed E-state index contributed by atoms with van der Waals surface area (Å²) in [5, 5.41) is 2.36. The number of aromatic nitrogens is 2. The van der Waals surface area contributed by atoms with Gasteiger partial charge in [0.05, 0.1) is 7.11 Å². The van der Waals surface area contributed by atoms with Gasteiger partial charge < -0.3 is 14.7 Å². The molecule has 23 heavy (non-hydrogen) atoms. The average Bonchev–Trinajstić information content (AvgIpc) is 3.06. The van der Waals surface area contributed by atoms with Crippen molar-refractivity contribution in [1.29, 1.82) is 0 Å². The van der Waals surface area contributed by atoms with E-state index in [4.69, 9.17) is 4.74 Å². The molecule has 0 amide bonds. The van der Waals surface area contributed by atoms with Gasteiger partial charge in [-0.2, -0.15) is 0 Å². The van der Waals surface area contributed by atoms with Crippen LogP contribution in [0.15, 0.2) is 51.4 Å². The lowest BCUT2D eigenvalue weighted by atomic mass is 10.2. The van der Waals surface area contributed by atoms with Crippen LogP contribution in [0, 0.1) is 0 Å². The molecular formula is C17H14N2O3S. The van der Waals surface area contributed by atoms with Gasteiger partial charge in [-0.1, -0.05) is 18.2 Å². The summed E-state index contributed by atoms with van der Waals surface area (Å²) in [5.41, 5.74) is 0.114. The van der Waals surface area contributed by atoms with Gasteiger partial charge in [-0.05, 0) is 41.3 Å². The molecule has 3 rings (SSSR count). The first-order valence-corrected chi connectivity index (χ1v) is 7.77. The molecule has 2 aromatic heterocycles. The zero-order valence-electron chi connectivity index (χ0n) is 12.3. The lowest BCUT2D eigenvalue weighted by Gasteiger charge is -1.98. The number of benzene rings is 1. The number of hydrogen-bond acceptors (Lipinski definition) is 4. The van der Waals surface area contributed by atoms with Gasteiger partial charge in [0.1, 0.15) is 16.4 Å². The Bertz CT molecular complexity index is 1030. The highest BCUT2D eigenvalue weighted by atomic mass is 32.1. The van der Waals surface area contributed by atoms with E-state index in [0.717, 1.165) is 16.2 Å². The predicted octanol–water partition coefficient (Wildman–Crippen LogP) is 0.791. The number of rotatable bonds is 3. The molecular weight excluding hydrogens is 312 g/mol. The average molecular weight is 326 g/mol. The molecule has 2 N–H and O–H groups in total. The predicted molar refractivity (Wildman–Crippen MR) is 91.4 cm³/mol. The Morgan fingerprint density at radius 2 is 1.61 bits per heavy atom. The number of H-pyrrole nitrogens is 2. The first-order chi connectivity index (χ1) is 11.2. The topological polar surface area (TPSA) is 75.0 Å². The molecule has 0 saturated carbocycles. The second-order valence-corrected chi connectivity index (χ2v) is 5.79. The standard InChI is InChI=1S/C17H14N2O3S/c1-22-12-6-4-11(5-7-12)9-14-16(20)19-15(17(21)18-14)10-13-3-2-8-23-13/h2-10H,1H3,(H,18,21)(H,19,20). The molecule has 2 heterocycles. The highest BCUT2D eigenvalue weighted by Gasteiger charge is 1.98. The Balaban J connectivity index is 2.08. The zero-order valence-corrected chi connectivity index (χ0v) is 13.1. The Morgan fingerprint density at radius 1 is 0.957 bits per heavy atom. The van der Waals surface area contributed by atoms with Gasteiger partial charge in [0.15, 0.2) is 0 Å². The molecule has 0 saturated heterocycles. The summed E-state index contributed by atoms with van der Waals surface area (Å²) in [7, 11) is 1.59. The summed E-state index contributed by atoms with van der Waals surface area (Å²) in [6, 6.07) is 11.0. The van der Waals surface area contributed by atoms with Crippen LogP contribution in [0.5, 0.6) is 5.75 Å². The van der Waals surface area contributed by atoms with E-state index in [1.54, 1.807) is 31.4 Å². The molecule has 3 aromatic rings. The quantitative estimate of drug-likeness (QED) is 0.747. The number of methoxy groups -OCH3 is 1. The van der Waals surface area contributed by atoms with Gasteiger partial charge in [-0.15, -0.1) is 11.3 Å². The number of hydrogen-bond donors (Lipinski definition) is 2. The number of aromatic amines is 2. The summed E-state index contributed by atoms with van der Waals surface area (Å²) >= 11 is 1.49. The SMILES string of the molecule is COc1ccc(C=c2[nH]c(=O)c(=Cc3cccs3)[nH]c2=O)cc1. The van der Waals surface area contributed by atoms with Crippen molar-refractivity contribution >= 4 is 23.5 Å². The van der Waals surface area contributed by atoms with Gasteiger partial charge in [-0.25, -0.2) is 0 Å². The minimum atomic E-state index is -0.344. The monoisotopic (exact) mass is 326 g/mol. The van der Waals surface area contributed by atoms with Crippen LogP contribution in [0.1, 0.15) is 10.4 Å². The molecule has 116 valence electrons. The van der Waals surface area contributed by atoms with Crippen LogP contribution in [0.4, 0.5) is 0 Å². The fourth-order valence-electron chi connectivity index (χ4n) is 2.08. The third-order valence-electron chi connectivity index (χ3n) is 3.24. The third kappa shape index (κ3) is 3.49. The second-order valence-electron chi connectivity index (χ2n) is 4.81. The van der Waals surface area contributed by atoms with Crippen molar-refractivity contribution in [3.05, 3.63) is 83.6 Å². The van der Waals surface area contributed by atoms with Crippen LogP contribution in [-0.4, -0.2) is 17.1 Å². The van der Waals surface area contributed by atoms with Crippen LogP contribution in [0.25, 0.3) is 12.2 Å². The molecule has 0 bridgehead atoms. The van der Waals surface area contributed by atoms with Crippen LogP contribution >= 0.6 is 11.3 Å². The van der Waals surface area contributed by atoms with E-state index >= 15 is 0 Å². The van der Waals surface area contributed by atoms with Gasteiger partial charge in [-0.3, -0.25) is 9.59 Å². The van der Waals surface area contributed by atoms with Gasteiger partial charge in [0.2, 0.25) is 0 Å². The lowest BCUT2D eigenvalue weighted by Crippen LogP contribution is -2.46. The second kappa shape index (κ2) is 6.50. The summed E-state index contributed by atoms with van der Waals surface area (Å²) < 4.78 is 5.09. The Hall–Kier alpha value is -2.86. The molecule has 5 nitrogen and oxygen atoms in total. The summed E-state index contributed by atoms with van der Waals surface area (Å²) in [6.45, 7) is 0. The Kier molecular flexibility index (Phi) is 4.25. The van der Waals surface area contributed by atoms with E-state index in [9.17, 15) is 9.59 Å². The van der Waals surface area contributed by atoms with E-state index in [1.807, 2.05) is 29.6 Å². The van der Waals surface area contributed by atoms with E-state index in [1.165, 1.54) is 11.3 Å². The molecule has 0 atom stereocenters. The summed E-state index contributed by atoms with van der Waals surface area (Å²) in [4.78, 5) is 30.4. The maximum absolute atomic E-state index is 12.1. The van der Waals surface area contributed by atoms with Crippen molar-refractivity contribution in [1.82, 2.24) is 9.97 Å². The molecule has 6 heteroatoms. The fraction of sp³-hybridized carbons (Fsp3) is 0.0588. The lowest BCUT2D eigenvalue weighted by molar-refractivity contribution is 0.415. The van der Waals surface area contributed by atoms with E-state index in [2.05, 4.69) is 9.97 Å². The van der Waals surface area contributed by atoms with E-state index in [-0.39, 0.29) is 21.8 Å². The highest BCUT2D eigenvalue weighted by Crippen LogP contribution is 2.11. The van der Waals surface area contributed by atoms with Crippen molar-refractivity contribution in [3.63, 3.8) is 0 Å². The minimum absolute atomic E-state index is 0.212. The number of nitrogens with one attached hydrogen (secondary N) is 2. The van der Waals surface area contributed by atoms with Gasteiger partial charge in [0, 0.05) is 4.88 Å². The van der Waals surface area contributed by atoms with Crippen molar-refractivity contribution < 1.29 is 4.74 Å². The fourth-order valence-corrected chi connectivity index (χ4v) is 2.74. The van der Waals surface area contributed by atoms with Crippen LogP contribution in [-0.2, 0) is 0 Å².